The van der Waals surface area contributed by atoms with Gasteiger partial charge in [0.25, 0.3) is 0 Å². The Balaban J connectivity index is 2.34. The minimum Gasteiger partial charge on any atom is -0.493 e. The van der Waals surface area contributed by atoms with Gasteiger partial charge < -0.3 is 9.47 Å². The molecule has 2 aromatic carbocycles. The van der Waals surface area contributed by atoms with Crippen LogP contribution in [0, 0.1) is 17.1 Å². The van der Waals surface area contributed by atoms with Gasteiger partial charge in [0.15, 0.2) is 17.2 Å². The van der Waals surface area contributed by atoms with Crippen LogP contribution in [-0.4, -0.2) is 24.0 Å². The molecule has 0 aliphatic rings. The average molecular weight is 391 g/mol. The number of methoxy groups -OCH3 is 2. The van der Waals surface area contributed by atoms with Crippen molar-refractivity contribution in [3.8, 4) is 34.5 Å². The summed E-state index contributed by atoms with van der Waals surface area (Å²) in [5.74, 6) is 0.0816. The van der Waals surface area contributed by atoms with E-state index < -0.39 is 23.3 Å². The Morgan fingerprint density at radius 1 is 1.00 bits per heavy atom. The van der Waals surface area contributed by atoms with Gasteiger partial charge in [-0.2, -0.15) is 23.5 Å². The largest absolute Gasteiger partial charge is 0.493 e. The molecule has 3 aromatic rings. The highest BCUT2D eigenvalue weighted by molar-refractivity contribution is 5.73. The molecule has 144 valence electrons. The van der Waals surface area contributed by atoms with Crippen LogP contribution in [0.3, 0.4) is 0 Å². The van der Waals surface area contributed by atoms with E-state index in [9.17, 15) is 22.8 Å². The van der Waals surface area contributed by atoms with E-state index in [2.05, 4.69) is 5.10 Å². The lowest BCUT2D eigenvalue weighted by molar-refractivity contribution is -0.141. The van der Waals surface area contributed by atoms with Gasteiger partial charge in [-0.3, -0.25) is 0 Å². The minimum absolute atomic E-state index is 0.0950. The third-order valence-electron chi connectivity index (χ3n) is 3.99. The van der Waals surface area contributed by atoms with E-state index >= 15 is 0 Å². The Labute approximate surface area is 157 Å². The van der Waals surface area contributed by atoms with Gasteiger partial charge in [-0.15, -0.1) is 0 Å². The monoisotopic (exact) mass is 391 g/mol. The van der Waals surface area contributed by atoms with Gasteiger partial charge in [-0.25, -0.2) is 9.07 Å². The number of hydrogen-bond donors (Lipinski definition) is 0. The number of ether oxygens (including phenoxy) is 2. The lowest BCUT2D eigenvalue weighted by atomic mass is 10.0. The number of nitrogens with zero attached hydrogens (tertiary/aromatic N) is 3. The summed E-state index contributed by atoms with van der Waals surface area (Å²) in [6, 6.07) is 10.7. The molecule has 0 amide bonds. The van der Waals surface area contributed by atoms with Crippen molar-refractivity contribution in [2.75, 3.05) is 14.2 Å². The van der Waals surface area contributed by atoms with E-state index in [1.807, 2.05) is 0 Å². The molecule has 0 radical (unpaired) electrons. The summed E-state index contributed by atoms with van der Waals surface area (Å²) in [5.41, 5.74) is -1.66. The van der Waals surface area contributed by atoms with Crippen LogP contribution in [0.2, 0.25) is 0 Å². The first kappa shape index (κ1) is 19.2. The molecule has 1 aromatic heterocycles. The molecule has 0 saturated carbocycles. The number of alkyl halides is 3. The van der Waals surface area contributed by atoms with Crippen molar-refractivity contribution in [1.82, 2.24) is 9.78 Å². The van der Waals surface area contributed by atoms with Gasteiger partial charge in [-0.1, -0.05) is 0 Å². The van der Waals surface area contributed by atoms with Crippen LogP contribution in [0.4, 0.5) is 17.6 Å². The summed E-state index contributed by atoms with van der Waals surface area (Å²) in [6.45, 7) is 0. The van der Waals surface area contributed by atoms with Crippen LogP contribution in [-0.2, 0) is 6.18 Å². The number of benzene rings is 2. The molecule has 5 nitrogen and oxygen atoms in total. The van der Waals surface area contributed by atoms with E-state index in [4.69, 9.17) is 9.47 Å². The molecular formula is C19H13F4N3O2. The normalized spacial score (nSPS) is 11.2. The van der Waals surface area contributed by atoms with Crippen molar-refractivity contribution < 1.29 is 27.0 Å². The standard InChI is InChI=1S/C19H13F4N3O2/c1-27-15-8-3-11(9-16(15)28-2)17-14(10-24)18(19(21,22)23)25-26(17)13-6-4-12(20)5-7-13/h3-9H,1-2H3. The quantitative estimate of drug-likeness (QED) is 0.611. The molecule has 0 N–H and O–H groups in total. The highest BCUT2D eigenvalue weighted by Gasteiger charge is 2.40. The predicted molar refractivity (Wildman–Crippen MR) is 91.8 cm³/mol. The summed E-state index contributed by atoms with van der Waals surface area (Å²) in [5, 5.41) is 13.0. The Morgan fingerprint density at radius 2 is 1.64 bits per heavy atom. The third kappa shape index (κ3) is 3.36. The second-order valence-corrected chi connectivity index (χ2v) is 5.64. The SMILES string of the molecule is COc1ccc(-c2c(C#N)c(C(F)(F)F)nn2-c2ccc(F)cc2)cc1OC. The zero-order valence-corrected chi connectivity index (χ0v) is 14.7. The zero-order chi connectivity index (χ0) is 20.5. The summed E-state index contributed by atoms with van der Waals surface area (Å²) in [7, 11) is 2.80. The molecule has 0 saturated heterocycles. The minimum atomic E-state index is -4.85. The van der Waals surface area contributed by atoms with Crippen molar-refractivity contribution in [2.45, 2.75) is 6.18 Å². The number of rotatable bonds is 4. The third-order valence-corrected chi connectivity index (χ3v) is 3.99. The highest BCUT2D eigenvalue weighted by atomic mass is 19.4. The Morgan fingerprint density at radius 3 is 2.18 bits per heavy atom. The maximum absolute atomic E-state index is 13.5. The fourth-order valence-electron chi connectivity index (χ4n) is 2.74. The first-order valence-electron chi connectivity index (χ1n) is 7.88. The average Bonchev–Trinajstić information content (AvgIpc) is 3.08. The van der Waals surface area contributed by atoms with E-state index in [0.717, 1.165) is 16.8 Å². The topological polar surface area (TPSA) is 60.1 Å². The molecular weight excluding hydrogens is 378 g/mol. The van der Waals surface area contributed by atoms with Crippen LogP contribution in [0.15, 0.2) is 42.5 Å². The van der Waals surface area contributed by atoms with Crippen molar-refractivity contribution in [3.05, 3.63) is 59.5 Å². The smallest absolute Gasteiger partial charge is 0.436 e. The molecule has 0 bridgehead atoms. The Hall–Kier alpha value is -3.54. The summed E-state index contributed by atoms with van der Waals surface area (Å²) in [4.78, 5) is 0. The molecule has 0 aliphatic carbocycles. The van der Waals surface area contributed by atoms with Crippen molar-refractivity contribution in [2.24, 2.45) is 0 Å². The molecule has 0 aliphatic heterocycles. The van der Waals surface area contributed by atoms with Gasteiger partial charge in [0.2, 0.25) is 0 Å². The van der Waals surface area contributed by atoms with Crippen LogP contribution < -0.4 is 9.47 Å². The molecule has 0 fully saturated rings. The lowest BCUT2D eigenvalue weighted by Gasteiger charge is -2.12. The lowest BCUT2D eigenvalue weighted by Crippen LogP contribution is -2.08. The number of nitriles is 1. The first-order chi connectivity index (χ1) is 13.3. The molecule has 0 unspecified atom stereocenters. The second kappa shape index (κ2) is 7.23. The predicted octanol–water partition coefficient (Wildman–Crippen LogP) is 4.59. The van der Waals surface area contributed by atoms with E-state index in [0.29, 0.717) is 5.75 Å². The molecule has 0 spiro atoms. The van der Waals surface area contributed by atoms with Crippen molar-refractivity contribution in [1.29, 1.82) is 5.26 Å². The molecule has 28 heavy (non-hydrogen) atoms. The van der Waals surface area contributed by atoms with Crippen LogP contribution >= 0.6 is 0 Å². The van der Waals surface area contributed by atoms with Crippen molar-refractivity contribution in [3.63, 3.8) is 0 Å². The van der Waals surface area contributed by atoms with Gasteiger partial charge in [0.1, 0.15) is 17.4 Å². The number of hydrogen-bond acceptors (Lipinski definition) is 4. The van der Waals surface area contributed by atoms with E-state index in [1.165, 1.54) is 44.6 Å². The van der Waals surface area contributed by atoms with E-state index in [-0.39, 0.29) is 22.7 Å². The first-order valence-corrected chi connectivity index (χ1v) is 7.88. The summed E-state index contributed by atoms with van der Waals surface area (Å²) >= 11 is 0. The van der Waals surface area contributed by atoms with Gasteiger partial charge in [0, 0.05) is 5.56 Å². The Bertz CT molecular complexity index is 1050. The summed E-state index contributed by atoms with van der Waals surface area (Å²) < 4.78 is 64.9. The fraction of sp³-hybridized carbons (Fsp3) is 0.158. The molecule has 9 heteroatoms. The number of aromatic nitrogens is 2. The molecule has 3 rings (SSSR count). The fourth-order valence-corrected chi connectivity index (χ4v) is 2.74. The van der Waals surface area contributed by atoms with E-state index in [1.54, 1.807) is 6.07 Å². The van der Waals surface area contributed by atoms with Crippen LogP contribution in [0.5, 0.6) is 11.5 Å². The van der Waals surface area contributed by atoms with Crippen molar-refractivity contribution >= 4 is 0 Å². The molecule has 0 atom stereocenters. The van der Waals surface area contributed by atoms with Crippen LogP contribution in [0.25, 0.3) is 16.9 Å². The maximum Gasteiger partial charge on any atom is 0.436 e. The zero-order valence-electron chi connectivity index (χ0n) is 14.7. The Kier molecular flexibility index (Phi) is 4.96. The highest BCUT2D eigenvalue weighted by Crippen LogP contribution is 2.39. The van der Waals surface area contributed by atoms with Gasteiger partial charge >= 0.3 is 6.18 Å². The summed E-state index contributed by atoms with van der Waals surface area (Å²) in [6.07, 6.45) is -4.85. The number of halogens is 4. The van der Waals surface area contributed by atoms with Gasteiger partial charge in [-0.05, 0) is 42.5 Å². The maximum atomic E-state index is 13.5. The van der Waals surface area contributed by atoms with Gasteiger partial charge in [0.05, 0.1) is 25.6 Å². The molecule has 1 heterocycles. The second-order valence-electron chi connectivity index (χ2n) is 5.64. The van der Waals surface area contributed by atoms with Crippen LogP contribution in [0.1, 0.15) is 11.3 Å².